The molecule has 0 saturated carbocycles. The number of rotatable bonds is 6. The van der Waals surface area contributed by atoms with Gasteiger partial charge in [0.1, 0.15) is 5.82 Å². The maximum Gasteiger partial charge on any atom is 0.354 e. The van der Waals surface area contributed by atoms with Gasteiger partial charge in [-0.15, -0.1) is 0 Å². The van der Waals surface area contributed by atoms with E-state index in [-0.39, 0.29) is 5.69 Å². The monoisotopic (exact) mass is 292 g/mol. The summed E-state index contributed by atoms with van der Waals surface area (Å²) in [4.78, 5) is 17.4. The number of anilines is 2. The first kappa shape index (κ1) is 15.6. The molecule has 4 N–H and O–H groups in total. The molecule has 116 valence electrons. The van der Waals surface area contributed by atoms with E-state index in [2.05, 4.69) is 22.1 Å². The van der Waals surface area contributed by atoms with Gasteiger partial charge < -0.3 is 21.1 Å². The molecule has 0 aromatic carbocycles. The molecule has 1 saturated heterocycles. The predicted octanol–water partition coefficient (Wildman–Crippen LogP) is 2.04. The van der Waals surface area contributed by atoms with Crippen LogP contribution < -0.4 is 11.1 Å². The van der Waals surface area contributed by atoms with Crippen molar-refractivity contribution in [2.45, 2.75) is 38.6 Å². The predicted molar refractivity (Wildman–Crippen MR) is 83.6 cm³/mol. The van der Waals surface area contributed by atoms with Crippen molar-refractivity contribution in [2.75, 3.05) is 30.7 Å². The first-order valence-corrected chi connectivity index (χ1v) is 7.55. The van der Waals surface area contributed by atoms with Crippen molar-refractivity contribution in [2.24, 2.45) is 0 Å². The van der Waals surface area contributed by atoms with Crippen LogP contribution in [0.3, 0.4) is 0 Å². The summed E-state index contributed by atoms with van der Waals surface area (Å²) in [6.07, 6.45) is 4.89. The van der Waals surface area contributed by atoms with Gasteiger partial charge in [-0.1, -0.05) is 6.42 Å². The zero-order valence-corrected chi connectivity index (χ0v) is 12.5. The number of hydrogen-bond donors (Lipinski definition) is 3. The number of nitrogens with two attached hydrogens (primary N) is 1. The Bertz CT molecular complexity index is 493. The highest BCUT2D eigenvalue weighted by atomic mass is 16.4. The SMILES string of the molecule is CC1CCCCN1CCCNc1nc(C(=O)O)ccc1N. The third-order valence-corrected chi connectivity index (χ3v) is 4.00. The minimum absolute atomic E-state index is 0.0105. The molecule has 0 amide bonds. The van der Waals surface area contributed by atoms with Gasteiger partial charge in [0, 0.05) is 19.1 Å². The van der Waals surface area contributed by atoms with Crippen LogP contribution in [0.15, 0.2) is 12.1 Å². The molecule has 1 aromatic heterocycles. The Kier molecular flexibility index (Phi) is 5.38. The van der Waals surface area contributed by atoms with E-state index in [1.54, 1.807) is 6.07 Å². The molecule has 1 aromatic rings. The largest absolute Gasteiger partial charge is 0.477 e. The smallest absolute Gasteiger partial charge is 0.354 e. The highest BCUT2D eigenvalue weighted by molar-refractivity contribution is 5.86. The Balaban J connectivity index is 1.80. The quantitative estimate of drug-likeness (QED) is 0.695. The van der Waals surface area contributed by atoms with Crippen LogP contribution in [-0.2, 0) is 0 Å². The minimum Gasteiger partial charge on any atom is -0.477 e. The zero-order valence-electron chi connectivity index (χ0n) is 12.5. The van der Waals surface area contributed by atoms with Crippen molar-refractivity contribution < 1.29 is 9.90 Å². The first-order valence-electron chi connectivity index (χ1n) is 7.55. The Morgan fingerprint density at radius 3 is 3.05 bits per heavy atom. The fourth-order valence-corrected chi connectivity index (χ4v) is 2.71. The summed E-state index contributed by atoms with van der Waals surface area (Å²) in [5, 5.41) is 12.1. The van der Waals surface area contributed by atoms with Gasteiger partial charge in [-0.3, -0.25) is 0 Å². The molecule has 6 heteroatoms. The van der Waals surface area contributed by atoms with Gasteiger partial charge in [0.25, 0.3) is 0 Å². The Morgan fingerprint density at radius 1 is 1.52 bits per heavy atom. The molecule has 0 radical (unpaired) electrons. The van der Waals surface area contributed by atoms with E-state index in [1.165, 1.54) is 31.9 Å². The van der Waals surface area contributed by atoms with Gasteiger partial charge in [-0.2, -0.15) is 0 Å². The van der Waals surface area contributed by atoms with Crippen LogP contribution in [0.2, 0.25) is 0 Å². The summed E-state index contributed by atoms with van der Waals surface area (Å²) in [5.41, 5.74) is 6.30. The van der Waals surface area contributed by atoms with Crippen LogP contribution >= 0.6 is 0 Å². The van der Waals surface area contributed by atoms with Crippen LogP contribution in [0.1, 0.15) is 43.1 Å². The first-order chi connectivity index (χ1) is 10.1. The van der Waals surface area contributed by atoms with Gasteiger partial charge >= 0.3 is 5.97 Å². The number of piperidine rings is 1. The molecule has 21 heavy (non-hydrogen) atoms. The highest BCUT2D eigenvalue weighted by Gasteiger charge is 2.17. The molecule has 1 unspecified atom stereocenters. The van der Waals surface area contributed by atoms with E-state index >= 15 is 0 Å². The number of nitrogens with zero attached hydrogens (tertiary/aromatic N) is 2. The Hall–Kier alpha value is -1.82. The number of hydrogen-bond acceptors (Lipinski definition) is 5. The van der Waals surface area contributed by atoms with Crippen LogP contribution in [-0.4, -0.2) is 46.6 Å². The van der Waals surface area contributed by atoms with E-state index in [0.717, 1.165) is 19.5 Å². The molecular weight excluding hydrogens is 268 g/mol. The number of carboxylic acids is 1. The summed E-state index contributed by atoms with van der Waals surface area (Å²) in [6.45, 7) is 5.24. The average Bonchev–Trinajstić information content (AvgIpc) is 2.46. The molecule has 1 atom stereocenters. The number of pyridine rings is 1. The van der Waals surface area contributed by atoms with Crippen LogP contribution in [0.4, 0.5) is 11.5 Å². The van der Waals surface area contributed by atoms with Crippen molar-refractivity contribution >= 4 is 17.5 Å². The van der Waals surface area contributed by atoms with E-state index in [4.69, 9.17) is 10.8 Å². The summed E-state index contributed by atoms with van der Waals surface area (Å²) < 4.78 is 0. The third-order valence-electron chi connectivity index (χ3n) is 4.00. The summed E-state index contributed by atoms with van der Waals surface area (Å²) in [7, 11) is 0. The van der Waals surface area contributed by atoms with Gasteiger partial charge in [-0.05, 0) is 44.9 Å². The second kappa shape index (κ2) is 7.26. The third kappa shape index (κ3) is 4.32. The fraction of sp³-hybridized carbons (Fsp3) is 0.600. The van der Waals surface area contributed by atoms with E-state index in [0.29, 0.717) is 17.5 Å². The number of carboxylic acid groups (broad SMARTS) is 1. The molecule has 0 spiro atoms. The number of aromatic carboxylic acids is 1. The lowest BCUT2D eigenvalue weighted by Crippen LogP contribution is -2.38. The molecule has 0 bridgehead atoms. The number of aromatic nitrogens is 1. The number of likely N-dealkylation sites (tertiary alicyclic amines) is 1. The minimum atomic E-state index is -1.04. The maximum absolute atomic E-state index is 10.9. The summed E-state index contributed by atoms with van der Waals surface area (Å²) >= 11 is 0. The number of nitrogen functional groups attached to an aromatic ring is 1. The van der Waals surface area contributed by atoms with Crippen LogP contribution in [0.25, 0.3) is 0 Å². The fourth-order valence-electron chi connectivity index (χ4n) is 2.71. The second-order valence-corrected chi connectivity index (χ2v) is 5.60. The van der Waals surface area contributed by atoms with Crippen molar-refractivity contribution in [3.8, 4) is 0 Å². The molecule has 1 aliphatic heterocycles. The topological polar surface area (TPSA) is 91.5 Å². The molecular formula is C15H24N4O2. The molecule has 1 aliphatic rings. The summed E-state index contributed by atoms with van der Waals surface area (Å²) in [5.74, 6) is -0.582. The maximum atomic E-state index is 10.9. The van der Waals surface area contributed by atoms with E-state index in [9.17, 15) is 4.79 Å². The lowest BCUT2D eigenvalue weighted by atomic mass is 10.0. The molecule has 0 aliphatic carbocycles. The standard InChI is InChI=1S/C15H24N4O2/c1-11-5-2-3-9-19(11)10-4-8-17-14-12(16)6-7-13(18-14)15(20)21/h6-7,11H,2-5,8-10,16H2,1H3,(H,17,18)(H,20,21). The Labute approximate surface area is 125 Å². The van der Waals surface area contributed by atoms with Crippen molar-refractivity contribution in [1.29, 1.82) is 0 Å². The van der Waals surface area contributed by atoms with Crippen molar-refractivity contribution in [3.63, 3.8) is 0 Å². The van der Waals surface area contributed by atoms with E-state index in [1.807, 2.05) is 0 Å². The van der Waals surface area contributed by atoms with Crippen LogP contribution in [0, 0.1) is 0 Å². The van der Waals surface area contributed by atoms with Gasteiger partial charge in [0.05, 0.1) is 5.69 Å². The molecule has 2 rings (SSSR count). The lowest BCUT2D eigenvalue weighted by Gasteiger charge is -2.33. The van der Waals surface area contributed by atoms with Crippen LogP contribution in [0.5, 0.6) is 0 Å². The van der Waals surface area contributed by atoms with Gasteiger partial charge in [0.2, 0.25) is 0 Å². The normalized spacial score (nSPS) is 19.4. The van der Waals surface area contributed by atoms with Crippen molar-refractivity contribution in [3.05, 3.63) is 17.8 Å². The summed E-state index contributed by atoms with van der Waals surface area (Å²) in [6, 6.07) is 3.65. The van der Waals surface area contributed by atoms with E-state index < -0.39 is 5.97 Å². The zero-order chi connectivity index (χ0) is 15.2. The highest BCUT2D eigenvalue weighted by Crippen LogP contribution is 2.17. The second-order valence-electron chi connectivity index (χ2n) is 5.60. The Morgan fingerprint density at radius 2 is 2.33 bits per heavy atom. The average molecular weight is 292 g/mol. The molecule has 1 fully saturated rings. The van der Waals surface area contributed by atoms with Gasteiger partial charge in [0.15, 0.2) is 5.69 Å². The van der Waals surface area contributed by atoms with Gasteiger partial charge in [-0.25, -0.2) is 9.78 Å². The lowest BCUT2D eigenvalue weighted by molar-refractivity contribution is 0.0690. The van der Waals surface area contributed by atoms with Crippen molar-refractivity contribution in [1.82, 2.24) is 9.88 Å². The number of nitrogens with one attached hydrogen (secondary N) is 1. The number of carbonyl (C=O) groups is 1. The molecule has 2 heterocycles. The molecule has 6 nitrogen and oxygen atoms in total.